The average Bonchev–Trinajstić information content (AvgIpc) is 2.38. The van der Waals surface area contributed by atoms with E-state index in [1.165, 1.54) is 11.0 Å². The number of hydrogen-bond donors (Lipinski definition) is 2. The second-order valence-corrected chi connectivity index (χ2v) is 3.07. The molecule has 2 aliphatic heterocycles. The van der Waals surface area contributed by atoms with Crippen LogP contribution in [0.3, 0.4) is 0 Å². The molecule has 1 amide bonds. The van der Waals surface area contributed by atoms with E-state index in [-0.39, 0.29) is 25.3 Å². The summed E-state index contributed by atoms with van der Waals surface area (Å²) < 4.78 is 5.32. The van der Waals surface area contributed by atoms with Gasteiger partial charge in [-0.05, 0) is 6.08 Å². The fourth-order valence-electron chi connectivity index (χ4n) is 1.70. The summed E-state index contributed by atoms with van der Waals surface area (Å²) in [6, 6.07) is -0.390. The Labute approximate surface area is 75.2 Å². The molecule has 0 bridgehead atoms. The van der Waals surface area contributed by atoms with E-state index in [9.17, 15) is 4.79 Å². The maximum absolute atomic E-state index is 11.1. The number of carbonyl (C=O) groups is 1. The number of ether oxygens (including phenoxy) is 1. The Bertz CT molecular complexity index is 263. The molecule has 0 aromatic carbocycles. The Hall–Kier alpha value is -1.07. The summed E-state index contributed by atoms with van der Waals surface area (Å²) in [4.78, 5) is 12.6. The summed E-state index contributed by atoms with van der Waals surface area (Å²) in [6.45, 7) is -0.297. The molecule has 2 saturated heterocycles. The van der Waals surface area contributed by atoms with E-state index < -0.39 is 6.04 Å². The number of β-lactam (4-membered cyclic amide) rings is 1. The number of aliphatic hydroxyl groups excluding tert-OH is 2. The number of carbonyl (C=O) groups excluding carboxylic acids is 1. The second-order valence-electron chi connectivity index (χ2n) is 3.07. The predicted molar refractivity (Wildman–Crippen MR) is 42.4 cm³/mol. The van der Waals surface area contributed by atoms with Gasteiger partial charge in [0.05, 0.1) is 19.6 Å². The van der Waals surface area contributed by atoms with Gasteiger partial charge in [0.15, 0.2) is 6.23 Å². The van der Waals surface area contributed by atoms with Crippen LogP contribution < -0.4 is 0 Å². The molecule has 0 aliphatic carbocycles. The molecule has 0 saturated carbocycles. The first-order valence-corrected chi connectivity index (χ1v) is 4.17. The standard InChI is InChI=1S/C8H11NO4/c10-2-1-6-5(4-11)9-7(12)3-8(9)13-6/h1,5,8,10-11H,2-4H2/b6-1+/t5-,8+/m0/s1. The molecule has 2 aliphatic rings. The van der Waals surface area contributed by atoms with Crippen LogP contribution >= 0.6 is 0 Å². The molecule has 2 N–H and O–H groups in total. The van der Waals surface area contributed by atoms with Gasteiger partial charge in [0.1, 0.15) is 11.8 Å². The SMILES string of the molecule is O=C1C[C@H]2O/C(=C/CO)[C@H](CO)N12. The van der Waals surface area contributed by atoms with E-state index >= 15 is 0 Å². The van der Waals surface area contributed by atoms with Crippen LogP contribution in [0.4, 0.5) is 0 Å². The van der Waals surface area contributed by atoms with Crippen molar-refractivity contribution >= 4 is 5.91 Å². The van der Waals surface area contributed by atoms with E-state index in [0.717, 1.165) is 0 Å². The number of fused-ring (bicyclic) bond motifs is 1. The van der Waals surface area contributed by atoms with Crippen molar-refractivity contribution in [2.24, 2.45) is 0 Å². The normalized spacial score (nSPS) is 34.5. The third kappa shape index (κ3) is 1.12. The van der Waals surface area contributed by atoms with Gasteiger partial charge in [0, 0.05) is 0 Å². The first kappa shape index (κ1) is 8.52. The minimum Gasteiger partial charge on any atom is -0.472 e. The van der Waals surface area contributed by atoms with Crippen molar-refractivity contribution in [3.05, 3.63) is 11.8 Å². The maximum Gasteiger partial charge on any atom is 0.231 e. The zero-order valence-corrected chi connectivity index (χ0v) is 7.01. The van der Waals surface area contributed by atoms with Gasteiger partial charge in [-0.25, -0.2) is 0 Å². The summed E-state index contributed by atoms with van der Waals surface area (Å²) in [5.41, 5.74) is 0. The van der Waals surface area contributed by atoms with Gasteiger partial charge in [-0.3, -0.25) is 9.69 Å². The minimum absolute atomic E-state index is 0.00890. The van der Waals surface area contributed by atoms with Crippen LogP contribution in [-0.4, -0.2) is 46.5 Å². The van der Waals surface area contributed by atoms with Gasteiger partial charge in [-0.1, -0.05) is 0 Å². The Morgan fingerprint density at radius 2 is 2.38 bits per heavy atom. The van der Waals surface area contributed by atoms with E-state index in [2.05, 4.69) is 0 Å². The molecule has 2 heterocycles. The Morgan fingerprint density at radius 1 is 1.62 bits per heavy atom. The molecule has 0 aromatic rings. The van der Waals surface area contributed by atoms with Crippen molar-refractivity contribution in [1.82, 2.24) is 4.90 Å². The quantitative estimate of drug-likeness (QED) is 0.531. The van der Waals surface area contributed by atoms with E-state index in [4.69, 9.17) is 14.9 Å². The summed E-state index contributed by atoms with van der Waals surface area (Å²) in [7, 11) is 0. The maximum atomic E-state index is 11.1. The van der Waals surface area contributed by atoms with Crippen LogP contribution in [0.1, 0.15) is 6.42 Å². The van der Waals surface area contributed by atoms with Gasteiger partial charge in [0.25, 0.3) is 0 Å². The lowest BCUT2D eigenvalue weighted by Crippen LogP contribution is -2.53. The summed E-state index contributed by atoms with van der Waals surface area (Å²) in [6.07, 6.45) is 1.63. The molecule has 0 unspecified atom stereocenters. The molecular weight excluding hydrogens is 174 g/mol. The molecule has 2 fully saturated rings. The number of hydrogen-bond acceptors (Lipinski definition) is 4. The zero-order chi connectivity index (χ0) is 9.42. The number of amides is 1. The van der Waals surface area contributed by atoms with Crippen molar-refractivity contribution in [1.29, 1.82) is 0 Å². The van der Waals surface area contributed by atoms with Crippen molar-refractivity contribution in [3.63, 3.8) is 0 Å². The fourth-order valence-corrected chi connectivity index (χ4v) is 1.70. The molecule has 0 radical (unpaired) electrons. The van der Waals surface area contributed by atoms with Gasteiger partial charge in [0.2, 0.25) is 5.91 Å². The van der Waals surface area contributed by atoms with E-state index in [1.54, 1.807) is 0 Å². The highest BCUT2D eigenvalue weighted by Crippen LogP contribution is 2.35. The third-order valence-electron chi connectivity index (χ3n) is 2.35. The highest BCUT2D eigenvalue weighted by Gasteiger charge is 2.49. The molecule has 5 heteroatoms. The topological polar surface area (TPSA) is 70.0 Å². The number of rotatable bonds is 2. The summed E-state index contributed by atoms with van der Waals surface area (Å²) >= 11 is 0. The molecule has 5 nitrogen and oxygen atoms in total. The fraction of sp³-hybridized carbons (Fsp3) is 0.625. The molecule has 2 rings (SSSR count). The van der Waals surface area contributed by atoms with Crippen LogP contribution in [0.15, 0.2) is 11.8 Å². The van der Waals surface area contributed by atoms with Crippen LogP contribution in [0.25, 0.3) is 0 Å². The van der Waals surface area contributed by atoms with Gasteiger partial charge >= 0.3 is 0 Å². The number of aliphatic hydroxyl groups is 2. The second kappa shape index (κ2) is 3.01. The highest BCUT2D eigenvalue weighted by atomic mass is 16.5. The molecule has 0 spiro atoms. The largest absolute Gasteiger partial charge is 0.472 e. The first-order valence-electron chi connectivity index (χ1n) is 4.17. The first-order chi connectivity index (χ1) is 6.27. The van der Waals surface area contributed by atoms with Crippen LogP contribution in [0.5, 0.6) is 0 Å². The third-order valence-corrected chi connectivity index (χ3v) is 2.35. The molecule has 13 heavy (non-hydrogen) atoms. The Kier molecular flexibility index (Phi) is 1.97. The molecule has 2 atom stereocenters. The Balaban J connectivity index is 2.17. The summed E-state index contributed by atoms with van der Waals surface area (Å²) in [5, 5.41) is 17.7. The van der Waals surface area contributed by atoms with Crippen LogP contribution in [0, 0.1) is 0 Å². The van der Waals surface area contributed by atoms with Crippen molar-refractivity contribution in [2.45, 2.75) is 18.7 Å². The molecule has 0 aromatic heterocycles. The predicted octanol–water partition coefficient (Wildman–Crippen LogP) is -1.19. The lowest BCUT2D eigenvalue weighted by molar-refractivity contribution is -0.157. The monoisotopic (exact) mass is 185 g/mol. The highest BCUT2D eigenvalue weighted by molar-refractivity contribution is 5.84. The molecule has 72 valence electrons. The van der Waals surface area contributed by atoms with Gasteiger partial charge in [-0.2, -0.15) is 0 Å². The Morgan fingerprint density at radius 3 is 2.92 bits per heavy atom. The van der Waals surface area contributed by atoms with Gasteiger partial charge in [-0.15, -0.1) is 0 Å². The van der Waals surface area contributed by atoms with Crippen LogP contribution in [0.2, 0.25) is 0 Å². The van der Waals surface area contributed by atoms with Crippen LogP contribution in [-0.2, 0) is 9.53 Å². The van der Waals surface area contributed by atoms with E-state index in [0.29, 0.717) is 12.2 Å². The average molecular weight is 185 g/mol. The smallest absolute Gasteiger partial charge is 0.231 e. The van der Waals surface area contributed by atoms with Crippen molar-refractivity contribution in [2.75, 3.05) is 13.2 Å². The zero-order valence-electron chi connectivity index (χ0n) is 7.01. The number of nitrogens with zero attached hydrogens (tertiary/aromatic N) is 1. The van der Waals surface area contributed by atoms with Gasteiger partial charge < -0.3 is 14.9 Å². The van der Waals surface area contributed by atoms with E-state index in [1.807, 2.05) is 0 Å². The van der Waals surface area contributed by atoms with Crippen molar-refractivity contribution < 1.29 is 19.7 Å². The van der Waals surface area contributed by atoms with Crippen molar-refractivity contribution in [3.8, 4) is 0 Å². The molecular formula is C8H11NO4. The lowest BCUT2D eigenvalue weighted by atomic mass is 10.1. The summed E-state index contributed by atoms with van der Waals surface area (Å²) in [5.74, 6) is 0.492. The lowest BCUT2D eigenvalue weighted by Gasteiger charge is -2.34. The minimum atomic E-state index is -0.390.